The zero-order valence-electron chi connectivity index (χ0n) is 11.2. The fourth-order valence-electron chi connectivity index (χ4n) is 2.22. The molecule has 4 nitrogen and oxygen atoms in total. The molecule has 1 aliphatic rings. The van der Waals surface area contributed by atoms with Gasteiger partial charge in [0.05, 0.1) is 0 Å². The SMILES string of the molecule is CCCN=C1NC(=O)C(CC)(c2cccc(Br)c2)N1. The van der Waals surface area contributed by atoms with E-state index in [9.17, 15) is 4.79 Å². The van der Waals surface area contributed by atoms with E-state index in [1.54, 1.807) is 0 Å². The Bertz CT molecular complexity index is 515. The van der Waals surface area contributed by atoms with Gasteiger partial charge in [0.25, 0.3) is 5.91 Å². The van der Waals surface area contributed by atoms with E-state index in [4.69, 9.17) is 0 Å². The lowest BCUT2D eigenvalue weighted by atomic mass is 9.87. The molecule has 0 saturated carbocycles. The van der Waals surface area contributed by atoms with Gasteiger partial charge in [-0.15, -0.1) is 0 Å². The van der Waals surface area contributed by atoms with E-state index in [-0.39, 0.29) is 5.91 Å². The zero-order valence-corrected chi connectivity index (χ0v) is 12.8. The van der Waals surface area contributed by atoms with Crippen LogP contribution in [-0.2, 0) is 10.3 Å². The summed E-state index contributed by atoms with van der Waals surface area (Å²) in [5.41, 5.74) is 0.236. The fraction of sp³-hybridized carbons (Fsp3) is 0.429. The molecule has 1 heterocycles. The van der Waals surface area contributed by atoms with E-state index in [2.05, 4.69) is 38.5 Å². The molecule has 1 aromatic carbocycles. The van der Waals surface area contributed by atoms with Gasteiger partial charge in [-0.3, -0.25) is 15.1 Å². The zero-order chi connectivity index (χ0) is 13.9. The number of nitrogens with zero attached hydrogens (tertiary/aromatic N) is 1. The predicted molar refractivity (Wildman–Crippen MR) is 80.0 cm³/mol. The molecule has 1 atom stereocenters. The summed E-state index contributed by atoms with van der Waals surface area (Å²) in [5, 5.41) is 6.08. The standard InChI is InChI=1S/C14H18BrN3O/c1-3-8-16-13-17-12(19)14(4-2,18-13)10-6-5-7-11(15)9-10/h5-7,9H,3-4,8H2,1-2H3,(H2,16,17,18,19). The molecule has 19 heavy (non-hydrogen) atoms. The second-order valence-electron chi connectivity index (χ2n) is 4.58. The van der Waals surface area contributed by atoms with Gasteiger partial charge in [-0.05, 0) is 30.5 Å². The average Bonchev–Trinajstić information content (AvgIpc) is 2.74. The number of halogens is 1. The third-order valence-corrected chi connectivity index (χ3v) is 3.79. The maximum absolute atomic E-state index is 12.3. The molecule has 0 aromatic heterocycles. The topological polar surface area (TPSA) is 53.5 Å². The minimum absolute atomic E-state index is 0.0389. The van der Waals surface area contributed by atoms with Crippen molar-refractivity contribution >= 4 is 27.8 Å². The maximum Gasteiger partial charge on any atom is 0.257 e. The van der Waals surface area contributed by atoms with Crippen LogP contribution in [-0.4, -0.2) is 18.4 Å². The summed E-state index contributed by atoms with van der Waals surface area (Å²) < 4.78 is 0.964. The molecule has 5 heteroatoms. The predicted octanol–water partition coefficient (Wildman–Crippen LogP) is 2.54. The second-order valence-corrected chi connectivity index (χ2v) is 5.49. The van der Waals surface area contributed by atoms with Crippen LogP contribution in [0.5, 0.6) is 0 Å². The normalized spacial score (nSPS) is 24.4. The fourth-order valence-corrected chi connectivity index (χ4v) is 2.62. The van der Waals surface area contributed by atoms with Crippen LogP contribution in [0.4, 0.5) is 0 Å². The largest absolute Gasteiger partial charge is 0.338 e. The molecular weight excluding hydrogens is 306 g/mol. The number of rotatable bonds is 4. The molecule has 0 bridgehead atoms. The molecule has 0 radical (unpaired) electrons. The Hall–Kier alpha value is -1.36. The number of guanidine groups is 1. The van der Waals surface area contributed by atoms with Gasteiger partial charge in [-0.1, -0.05) is 41.9 Å². The first-order valence-electron chi connectivity index (χ1n) is 6.52. The number of amides is 1. The molecule has 1 unspecified atom stereocenters. The van der Waals surface area contributed by atoms with Crippen molar-refractivity contribution in [3.8, 4) is 0 Å². The third kappa shape index (κ3) is 2.66. The number of hydrogen-bond acceptors (Lipinski definition) is 2. The van der Waals surface area contributed by atoms with Gasteiger partial charge in [0, 0.05) is 11.0 Å². The first-order chi connectivity index (χ1) is 9.12. The van der Waals surface area contributed by atoms with E-state index in [1.165, 1.54) is 0 Å². The van der Waals surface area contributed by atoms with Crippen LogP contribution in [0.25, 0.3) is 0 Å². The third-order valence-electron chi connectivity index (χ3n) is 3.29. The van der Waals surface area contributed by atoms with Crippen LogP contribution in [0.15, 0.2) is 33.7 Å². The van der Waals surface area contributed by atoms with Crippen molar-refractivity contribution in [2.24, 2.45) is 4.99 Å². The Kier molecular flexibility index (Phi) is 4.24. The second kappa shape index (κ2) is 5.74. The molecule has 1 aromatic rings. The van der Waals surface area contributed by atoms with E-state index < -0.39 is 5.54 Å². The maximum atomic E-state index is 12.3. The van der Waals surface area contributed by atoms with Gasteiger partial charge in [0.2, 0.25) is 0 Å². The molecule has 2 rings (SSSR count). The van der Waals surface area contributed by atoms with Crippen molar-refractivity contribution in [2.45, 2.75) is 32.2 Å². The lowest BCUT2D eigenvalue weighted by molar-refractivity contribution is -0.124. The number of nitrogens with one attached hydrogen (secondary N) is 2. The van der Waals surface area contributed by atoms with Gasteiger partial charge in [0.1, 0.15) is 5.54 Å². The van der Waals surface area contributed by atoms with Crippen molar-refractivity contribution < 1.29 is 4.79 Å². The van der Waals surface area contributed by atoms with Crippen LogP contribution < -0.4 is 10.6 Å². The molecule has 1 saturated heterocycles. The molecular formula is C14H18BrN3O. The molecule has 2 N–H and O–H groups in total. The van der Waals surface area contributed by atoms with Gasteiger partial charge in [-0.25, -0.2) is 0 Å². The van der Waals surface area contributed by atoms with Crippen LogP contribution in [0.1, 0.15) is 32.3 Å². The summed E-state index contributed by atoms with van der Waals surface area (Å²) in [6, 6.07) is 7.82. The molecule has 1 fully saturated rings. The lowest BCUT2D eigenvalue weighted by Crippen LogP contribution is -2.43. The summed E-state index contributed by atoms with van der Waals surface area (Å²) >= 11 is 3.45. The Morgan fingerprint density at radius 2 is 2.16 bits per heavy atom. The van der Waals surface area contributed by atoms with Crippen LogP contribution in [0, 0.1) is 0 Å². The van der Waals surface area contributed by atoms with Gasteiger partial charge in [-0.2, -0.15) is 0 Å². The van der Waals surface area contributed by atoms with Crippen molar-refractivity contribution in [2.75, 3.05) is 6.54 Å². The van der Waals surface area contributed by atoms with Gasteiger partial charge >= 0.3 is 0 Å². The van der Waals surface area contributed by atoms with Gasteiger partial charge in [0.15, 0.2) is 5.96 Å². The first-order valence-corrected chi connectivity index (χ1v) is 7.32. The van der Waals surface area contributed by atoms with E-state index in [0.29, 0.717) is 18.9 Å². The summed E-state index contributed by atoms with van der Waals surface area (Å²) in [6.07, 6.45) is 1.62. The first kappa shape index (κ1) is 14.1. The van der Waals surface area contributed by atoms with Crippen LogP contribution in [0.3, 0.4) is 0 Å². The monoisotopic (exact) mass is 323 g/mol. The Morgan fingerprint density at radius 1 is 1.37 bits per heavy atom. The van der Waals surface area contributed by atoms with E-state index >= 15 is 0 Å². The summed E-state index contributed by atoms with van der Waals surface area (Å²) in [5.74, 6) is 0.539. The minimum atomic E-state index is -0.712. The quantitative estimate of drug-likeness (QED) is 0.894. The van der Waals surface area contributed by atoms with E-state index in [0.717, 1.165) is 16.5 Å². The minimum Gasteiger partial charge on any atom is -0.338 e. The average molecular weight is 324 g/mol. The molecule has 102 valence electrons. The Balaban J connectivity index is 2.36. The molecule has 1 aliphatic heterocycles. The van der Waals surface area contributed by atoms with Crippen molar-refractivity contribution in [3.05, 3.63) is 34.3 Å². The summed E-state index contributed by atoms with van der Waals surface area (Å²) in [4.78, 5) is 16.7. The highest BCUT2D eigenvalue weighted by Gasteiger charge is 2.45. The van der Waals surface area contributed by atoms with Gasteiger partial charge < -0.3 is 5.32 Å². The number of benzene rings is 1. The molecule has 0 aliphatic carbocycles. The van der Waals surface area contributed by atoms with Crippen LogP contribution >= 0.6 is 15.9 Å². The Morgan fingerprint density at radius 3 is 2.79 bits per heavy atom. The highest BCUT2D eigenvalue weighted by atomic mass is 79.9. The Labute approximate surface area is 121 Å². The lowest BCUT2D eigenvalue weighted by Gasteiger charge is -2.25. The van der Waals surface area contributed by atoms with Crippen LogP contribution in [0.2, 0.25) is 0 Å². The highest BCUT2D eigenvalue weighted by Crippen LogP contribution is 2.30. The number of aliphatic imine (C=N–C) groups is 1. The number of carbonyl (C=O) groups excluding carboxylic acids is 1. The summed E-state index contributed by atoms with van der Waals surface area (Å²) in [6.45, 7) is 4.76. The summed E-state index contributed by atoms with van der Waals surface area (Å²) in [7, 11) is 0. The number of carbonyl (C=O) groups is 1. The molecule has 1 amide bonds. The van der Waals surface area contributed by atoms with Crippen molar-refractivity contribution in [1.29, 1.82) is 0 Å². The highest BCUT2D eigenvalue weighted by molar-refractivity contribution is 9.10. The van der Waals surface area contributed by atoms with E-state index in [1.807, 2.05) is 31.2 Å². The molecule has 0 spiro atoms. The number of hydrogen-bond donors (Lipinski definition) is 2. The van der Waals surface area contributed by atoms with Crippen molar-refractivity contribution in [1.82, 2.24) is 10.6 Å². The smallest absolute Gasteiger partial charge is 0.257 e. The van der Waals surface area contributed by atoms with Crippen molar-refractivity contribution in [3.63, 3.8) is 0 Å².